The molecule has 0 aliphatic carbocycles. The number of aliphatic hydroxyl groups excluding tert-OH is 2. The van der Waals surface area contributed by atoms with Crippen molar-refractivity contribution < 1.29 is 14.6 Å². The van der Waals surface area contributed by atoms with Gasteiger partial charge in [-0.2, -0.15) is 0 Å². The zero-order valence-electron chi connectivity index (χ0n) is 14.4. The zero-order valence-corrected chi connectivity index (χ0v) is 14.4. The third-order valence-electron chi connectivity index (χ3n) is 4.59. The van der Waals surface area contributed by atoms with Crippen LogP contribution in [-0.4, -0.2) is 65.4 Å². The highest BCUT2D eigenvalue weighted by Gasteiger charge is 2.27. The van der Waals surface area contributed by atoms with Crippen molar-refractivity contribution in [2.24, 2.45) is 5.41 Å². The molecule has 0 amide bonds. The van der Waals surface area contributed by atoms with Crippen molar-refractivity contribution in [3.8, 4) is 0 Å². The van der Waals surface area contributed by atoms with Crippen LogP contribution in [0.25, 0.3) is 0 Å². The molecule has 1 aliphatic heterocycles. The lowest BCUT2D eigenvalue weighted by Crippen LogP contribution is -2.50. The highest BCUT2D eigenvalue weighted by atomic mass is 19.1. The van der Waals surface area contributed by atoms with E-state index in [2.05, 4.69) is 9.80 Å². The summed E-state index contributed by atoms with van der Waals surface area (Å²) in [4.78, 5) is 4.40. The molecule has 1 fully saturated rings. The monoisotopic (exact) mass is 324 g/mol. The molecule has 0 bridgehead atoms. The first kappa shape index (κ1) is 18.3. The Morgan fingerprint density at radius 3 is 2.04 bits per heavy atom. The fourth-order valence-electron chi connectivity index (χ4n) is 2.76. The van der Waals surface area contributed by atoms with Gasteiger partial charge in [0.15, 0.2) is 0 Å². The Hall–Kier alpha value is -1.01. The number of halogens is 1. The molecule has 1 aliphatic rings. The maximum Gasteiger partial charge on any atom is 0.129 e. The number of β-amino-alcohol motifs (C(OH)–C–C–N with tert-alkyl or cyclic N) is 2. The summed E-state index contributed by atoms with van der Waals surface area (Å²) in [6.07, 6.45) is -1.15. The molecule has 2 N–H and O–H groups in total. The van der Waals surface area contributed by atoms with Crippen LogP contribution in [0.3, 0.4) is 0 Å². The van der Waals surface area contributed by atoms with E-state index in [1.165, 1.54) is 6.07 Å². The third-order valence-corrected chi connectivity index (χ3v) is 4.59. The lowest BCUT2D eigenvalue weighted by Gasteiger charge is -2.38. The molecule has 0 aromatic heterocycles. The van der Waals surface area contributed by atoms with Crippen LogP contribution in [-0.2, 0) is 0 Å². The molecule has 0 saturated carbocycles. The second kappa shape index (κ2) is 7.71. The average molecular weight is 324 g/mol. The Morgan fingerprint density at radius 1 is 1.00 bits per heavy atom. The number of rotatable bonds is 5. The van der Waals surface area contributed by atoms with Gasteiger partial charge in [-0.15, -0.1) is 0 Å². The standard InChI is InChI=1S/C18H29FN2O2/c1-18(2,3)17(23)13-21-10-8-20(9-11-21)12-16(22)14-6-4-5-7-15(14)19/h4-7,16-17,22-23H,8-13H2,1-3H3/t16-,17+/m1/s1. The summed E-state index contributed by atoms with van der Waals surface area (Å²) in [6, 6.07) is 6.39. The van der Waals surface area contributed by atoms with Gasteiger partial charge in [-0.25, -0.2) is 4.39 Å². The SMILES string of the molecule is CC(C)(C)[C@@H](O)CN1CCN(C[C@@H](O)c2ccccc2F)CC1. The average Bonchev–Trinajstić information content (AvgIpc) is 2.48. The fraction of sp³-hybridized carbons (Fsp3) is 0.667. The Bertz CT molecular complexity index is 496. The predicted molar refractivity (Wildman–Crippen MR) is 89.7 cm³/mol. The number of benzene rings is 1. The molecule has 0 unspecified atom stereocenters. The maximum atomic E-state index is 13.7. The maximum absolute atomic E-state index is 13.7. The smallest absolute Gasteiger partial charge is 0.129 e. The topological polar surface area (TPSA) is 46.9 Å². The number of aliphatic hydroxyl groups is 2. The Kier molecular flexibility index (Phi) is 6.14. The van der Waals surface area contributed by atoms with Gasteiger partial charge in [-0.05, 0) is 11.5 Å². The number of hydrogen-bond donors (Lipinski definition) is 2. The van der Waals surface area contributed by atoms with E-state index in [0.717, 1.165) is 26.2 Å². The summed E-state index contributed by atoms with van der Waals surface area (Å²) in [7, 11) is 0. The van der Waals surface area contributed by atoms with E-state index in [1.54, 1.807) is 18.2 Å². The van der Waals surface area contributed by atoms with Crippen LogP contribution >= 0.6 is 0 Å². The summed E-state index contributed by atoms with van der Waals surface area (Å²) >= 11 is 0. The molecule has 130 valence electrons. The molecule has 2 rings (SSSR count). The number of nitrogens with zero attached hydrogens (tertiary/aromatic N) is 2. The molecule has 1 aromatic rings. The van der Waals surface area contributed by atoms with E-state index in [1.807, 2.05) is 20.8 Å². The van der Waals surface area contributed by atoms with Gasteiger partial charge in [0, 0.05) is 44.8 Å². The minimum absolute atomic E-state index is 0.113. The van der Waals surface area contributed by atoms with Gasteiger partial charge in [0.25, 0.3) is 0 Å². The van der Waals surface area contributed by atoms with E-state index in [9.17, 15) is 14.6 Å². The molecule has 0 spiro atoms. The van der Waals surface area contributed by atoms with E-state index in [4.69, 9.17) is 0 Å². The Balaban J connectivity index is 1.80. The van der Waals surface area contributed by atoms with Crippen molar-refractivity contribution in [2.45, 2.75) is 33.0 Å². The normalized spacial score (nSPS) is 20.4. The summed E-state index contributed by atoms with van der Waals surface area (Å²) in [6.45, 7) is 10.6. The summed E-state index contributed by atoms with van der Waals surface area (Å²) in [5.41, 5.74) is 0.246. The van der Waals surface area contributed by atoms with E-state index >= 15 is 0 Å². The first-order chi connectivity index (χ1) is 10.8. The van der Waals surface area contributed by atoms with Crippen molar-refractivity contribution in [1.82, 2.24) is 9.80 Å². The van der Waals surface area contributed by atoms with Crippen LogP contribution in [0.1, 0.15) is 32.4 Å². The zero-order chi connectivity index (χ0) is 17.0. The van der Waals surface area contributed by atoms with E-state index in [-0.39, 0.29) is 17.3 Å². The Labute approximate surface area is 138 Å². The van der Waals surface area contributed by atoms with E-state index < -0.39 is 6.10 Å². The lowest BCUT2D eigenvalue weighted by molar-refractivity contribution is 0.00697. The van der Waals surface area contributed by atoms with Gasteiger partial charge in [-0.3, -0.25) is 9.80 Å². The third kappa shape index (κ3) is 5.24. The van der Waals surface area contributed by atoms with Crippen molar-refractivity contribution >= 4 is 0 Å². The van der Waals surface area contributed by atoms with Crippen molar-refractivity contribution in [1.29, 1.82) is 0 Å². The van der Waals surface area contributed by atoms with Crippen LogP contribution < -0.4 is 0 Å². The molecule has 2 atom stereocenters. The van der Waals surface area contributed by atoms with Gasteiger partial charge >= 0.3 is 0 Å². The lowest BCUT2D eigenvalue weighted by atomic mass is 9.89. The summed E-state index contributed by atoms with van der Waals surface area (Å²) in [5.74, 6) is -0.355. The van der Waals surface area contributed by atoms with Crippen LogP contribution in [0.4, 0.5) is 4.39 Å². The van der Waals surface area contributed by atoms with Gasteiger partial charge in [0.1, 0.15) is 5.82 Å². The Morgan fingerprint density at radius 2 is 1.52 bits per heavy atom. The van der Waals surface area contributed by atoms with Crippen LogP contribution in [0.2, 0.25) is 0 Å². The number of piperazine rings is 1. The quantitative estimate of drug-likeness (QED) is 0.868. The molecular formula is C18H29FN2O2. The second-order valence-electron chi connectivity index (χ2n) is 7.52. The fourth-order valence-corrected chi connectivity index (χ4v) is 2.76. The highest BCUT2D eigenvalue weighted by Crippen LogP contribution is 2.21. The van der Waals surface area contributed by atoms with Crippen molar-refractivity contribution in [3.05, 3.63) is 35.6 Å². The molecule has 1 aromatic carbocycles. The van der Waals surface area contributed by atoms with Crippen LogP contribution in [0.15, 0.2) is 24.3 Å². The van der Waals surface area contributed by atoms with Crippen molar-refractivity contribution in [2.75, 3.05) is 39.3 Å². The van der Waals surface area contributed by atoms with Crippen LogP contribution in [0.5, 0.6) is 0 Å². The van der Waals surface area contributed by atoms with Gasteiger partial charge in [0.05, 0.1) is 12.2 Å². The minimum atomic E-state index is -0.803. The first-order valence-electron chi connectivity index (χ1n) is 8.32. The molecule has 1 saturated heterocycles. The van der Waals surface area contributed by atoms with Crippen molar-refractivity contribution in [3.63, 3.8) is 0 Å². The molecule has 23 heavy (non-hydrogen) atoms. The number of hydrogen-bond acceptors (Lipinski definition) is 4. The summed E-state index contributed by atoms with van der Waals surface area (Å²) in [5, 5.41) is 20.4. The van der Waals surface area contributed by atoms with Gasteiger partial charge < -0.3 is 10.2 Å². The highest BCUT2D eigenvalue weighted by molar-refractivity contribution is 5.20. The molecule has 0 radical (unpaired) electrons. The molecule has 1 heterocycles. The van der Waals surface area contributed by atoms with Crippen LogP contribution in [0, 0.1) is 11.2 Å². The largest absolute Gasteiger partial charge is 0.391 e. The first-order valence-corrected chi connectivity index (χ1v) is 8.32. The van der Waals surface area contributed by atoms with E-state index in [0.29, 0.717) is 18.7 Å². The predicted octanol–water partition coefficient (Wildman–Crippen LogP) is 1.88. The molecule has 4 nitrogen and oxygen atoms in total. The summed E-state index contributed by atoms with van der Waals surface area (Å²) < 4.78 is 13.7. The minimum Gasteiger partial charge on any atom is -0.391 e. The van der Waals surface area contributed by atoms with Gasteiger partial charge in [0.2, 0.25) is 0 Å². The molecule has 5 heteroatoms. The molecular weight excluding hydrogens is 295 g/mol. The second-order valence-corrected chi connectivity index (χ2v) is 7.52. The van der Waals surface area contributed by atoms with Gasteiger partial charge in [-0.1, -0.05) is 39.0 Å².